The maximum atomic E-state index is 12.6. The molecule has 1 rings (SSSR count). The third-order valence-corrected chi connectivity index (χ3v) is 3.98. The average molecular weight is 363 g/mol. The molecule has 0 bridgehead atoms. The minimum absolute atomic E-state index is 0.0472. The summed E-state index contributed by atoms with van der Waals surface area (Å²) in [6.07, 6.45) is -10.7. The van der Waals surface area contributed by atoms with Gasteiger partial charge < -0.3 is 0 Å². The quantitative estimate of drug-likeness (QED) is 0.457. The van der Waals surface area contributed by atoms with Gasteiger partial charge in [-0.1, -0.05) is 54.0 Å². The summed E-state index contributed by atoms with van der Waals surface area (Å²) in [6.45, 7) is 3.77. The van der Waals surface area contributed by atoms with Crippen LogP contribution < -0.4 is 0 Å². The predicted octanol–water partition coefficient (Wildman–Crippen LogP) is 5.99. The molecule has 1 atom stereocenters. The van der Waals surface area contributed by atoms with Crippen molar-refractivity contribution in [1.29, 1.82) is 0 Å². The van der Waals surface area contributed by atoms with Gasteiger partial charge in [0.05, 0.1) is 4.83 Å². The SMILES string of the molecule is CC(C)c1ccc(C(Br)C(C(F)(F)F)C(F)(F)F)cc1. The Balaban J connectivity index is 3.10. The minimum atomic E-state index is -5.36. The summed E-state index contributed by atoms with van der Waals surface area (Å²) < 4.78 is 75.7. The van der Waals surface area contributed by atoms with E-state index in [1.54, 1.807) is 0 Å². The van der Waals surface area contributed by atoms with Crippen LogP contribution in [0.1, 0.15) is 35.7 Å². The Labute approximate surface area is 121 Å². The zero-order chi connectivity index (χ0) is 15.7. The van der Waals surface area contributed by atoms with Crippen LogP contribution in [0, 0.1) is 5.92 Å². The Morgan fingerprint density at radius 2 is 1.15 bits per heavy atom. The fraction of sp³-hybridized carbons (Fsp3) is 0.538. The molecule has 1 aromatic carbocycles. The summed E-state index contributed by atoms with van der Waals surface area (Å²) in [5.74, 6) is -3.28. The van der Waals surface area contributed by atoms with Gasteiger partial charge in [0.25, 0.3) is 0 Å². The van der Waals surface area contributed by atoms with Crippen LogP contribution in [0.4, 0.5) is 26.3 Å². The lowest BCUT2D eigenvalue weighted by Gasteiger charge is -2.27. The zero-order valence-electron chi connectivity index (χ0n) is 10.7. The molecule has 20 heavy (non-hydrogen) atoms. The van der Waals surface area contributed by atoms with Crippen LogP contribution in [0.15, 0.2) is 24.3 Å². The smallest absolute Gasteiger partial charge is 0.170 e. The first-order chi connectivity index (χ1) is 8.94. The maximum Gasteiger partial charge on any atom is 0.401 e. The van der Waals surface area contributed by atoms with Crippen LogP contribution in [0.3, 0.4) is 0 Å². The van der Waals surface area contributed by atoms with E-state index in [1.807, 2.05) is 13.8 Å². The second kappa shape index (κ2) is 5.95. The molecule has 0 amide bonds. The molecule has 0 spiro atoms. The van der Waals surface area contributed by atoms with Crippen LogP contribution in [0.25, 0.3) is 0 Å². The molecule has 0 N–H and O–H groups in total. The van der Waals surface area contributed by atoms with E-state index in [4.69, 9.17) is 0 Å². The third kappa shape index (κ3) is 4.14. The summed E-state index contributed by atoms with van der Waals surface area (Å²) in [5.41, 5.74) is 0.804. The molecule has 0 saturated heterocycles. The highest BCUT2D eigenvalue weighted by atomic mass is 79.9. The third-order valence-electron chi connectivity index (χ3n) is 2.92. The van der Waals surface area contributed by atoms with E-state index in [1.165, 1.54) is 24.3 Å². The van der Waals surface area contributed by atoms with E-state index >= 15 is 0 Å². The summed E-state index contributed by atoms with van der Waals surface area (Å²) in [5, 5.41) is 0. The molecule has 0 aliphatic heterocycles. The van der Waals surface area contributed by atoms with Crippen molar-refractivity contribution in [2.24, 2.45) is 5.92 Å². The van der Waals surface area contributed by atoms with Gasteiger partial charge in [-0.25, -0.2) is 0 Å². The van der Waals surface area contributed by atoms with Gasteiger partial charge >= 0.3 is 12.4 Å². The highest BCUT2D eigenvalue weighted by Gasteiger charge is 2.59. The molecular formula is C13H13BrF6. The normalized spacial score (nSPS) is 14.9. The Bertz CT molecular complexity index is 418. The molecule has 0 aliphatic carbocycles. The molecular weight excluding hydrogens is 350 g/mol. The Morgan fingerprint density at radius 3 is 1.45 bits per heavy atom. The lowest BCUT2D eigenvalue weighted by atomic mass is 9.95. The molecule has 0 aromatic heterocycles. The molecule has 1 aromatic rings. The van der Waals surface area contributed by atoms with Crippen molar-refractivity contribution < 1.29 is 26.3 Å². The number of halogens is 7. The molecule has 0 nitrogen and oxygen atoms in total. The van der Waals surface area contributed by atoms with Gasteiger partial charge in [0.15, 0.2) is 5.92 Å². The first-order valence-corrected chi connectivity index (χ1v) is 6.73. The Morgan fingerprint density at radius 1 is 0.800 bits per heavy atom. The fourth-order valence-corrected chi connectivity index (χ4v) is 2.68. The molecule has 0 saturated carbocycles. The Kier molecular flexibility index (Phi) is 5.16. The van der Waals surface area contributed by atoms with Crippen molar-refractivity contribution in [1.82, 2.24) is 0 Å². The van der Waals surface area contributed by atoms with Crippen molar-refractivity contribution in [2.45, 2.75) is 36.9 Å². The molecule has 0 aliphatic rings. The molecule has 1 unspecified atom stereocenters. The number of alkyl halides is 7. The van der Waals surface area contributed by atoms with Crippen LogP contribution in [0.5, 0.6) is 0 Å². The van der Waals surface area contributed by atoms with Gasteiger partial charge in [-0.15, -0.1) is 0 Å². The van der Waals surface area contributed by atoms with Crippen molar-refractivity contribution >= 4 is 15.9 Å². The van der Waals surface area contributed by atoms with E-state index in [2.05, 4.69) is 15.9 Å². The number of hydrogen-bond donors (Lipinski definition) is 0. The van der Waals surface area contributed by atoms with E-state index in [0.29, 0.717) is 0 Å². The van der Waals surface area contributed by atoms with E-state index in [-0.39, 0.29) is 11.5 Å². The van der Waals surface area contributed by atoms with Gasteiger partial charge in [0.1, 0.15) is 0 Å². The van der Waals surface area contributed by atoms with Crippen LogP contribution in [0.2, 0.25) is 0 Å². The van der Waals surface area contributed by atoms with Gasteiger partial charge in [-0.3, -0.25) is 0 Å². The second-order valence-corrected chi connectivity index (χ2v) is 5.77. The monoisotopic (exact) mass is 362 g/mol. The summed E-state index contributed by atoms with van der Waals surface area (Å²) in [7, 11) is 0. The van der Waals surface area contributed by atoms with Gasteiger partial charge in [-0.05, 0) is 17.0 Å². The van der Waals surface area contributed by atoms with Crippen LogP contribution in [-0.4, -0.2) is 12.4 Å². The molecule has 0 radical (unpaired) electrons. The second-order valence-electron chi connectivity index (χ2n) is 4.78. The van der Waals surface area contributed by atoms with Gasteiger partial charge in [0.2, 0.25) is 0 Å². The van der Waals surface area contributed by atoms with Crippen molar-refractivity contribution in [3.63, 3.8) is 0 Å². The molecule has 0 fully saturated rings. The fourth-order valence-electron chi connectivity index (χ4n) is 1.77. The zero-order valence-corrected chi connectivity index (χ0v) is 12.3. The van der Waals surface area contributed by atoms with E-state index in [9.17, 15) is 26.3 Å². The average Bonchev–Trinajstić information content (AvgIpc) is 2.25. The topological polar surface area (TPSA) is 0 Å². The lowest BCUT2D eigenvalue weighted by molar-refractivity contribution is -0.283. The predicted molar refractivity (Wildman–Crippen MR) is 67.8 cm³/mol. The highest BCUT2D eigenvalue weighted by Crippen LogP contribution is 2.50. The first kappa shape index (κ1) is 17.3. The minimum Gasteiger partial charge on any atom is -0.170 e. The van der Waals surface area contributed by atoms with Gasteiger partial charge in [0, 0.05) is 0 Å². The van der Waals surface area contributed by atoms with Crippen LogP contribution >= 0.6 is 15.9 Å². The Hall–Kier alpha value is -0.720. The lowest BCUT2D eigenvalue weighted by Crippen LogP contribution is -2.39. The highest BCUT2D eigenvalue weighted by molar-refractivity contribution is 9.09. The molecule has 7 heteroatoms. The standard InChI is InChI=1S/C13H13BrF6/c1-7(2)8-3-5-9(6-4-8)10(14)11(12(15,16)17)13(18,19)20/h3-7,10-11H,1-2H3. The van der Waals surface area contributed by atoms with Crippen molar-refractivity contribution in [2.75, 3.05) is 0 Å². The molecule has 114 valence electrons. The maximum absolute atomic E-state index is 12.6. The first-order valence-electron chi connectivity index (χ1n) is 5.82. The van der Waals surface area contributed by atoms with Gasteiger partial charge in [-0.2, -0.15) is 26.3 Å². The van der Waals surface area contributed by atoms with Crippen molar-refractivity contribution in [3.05, 3.63) is 35.4 Å². The molecule has 0 heterocycles. The number of benzene rings is 1. The van der Waals surface area contributed by atoms with E-state index in [0.717, 1.165) is 5.56 Å². The summed E-state index contributed by atoms with van der Waals surface area (Å²) >= 11 is 2.55. The van der Waals surface area contributed by atoms with Crippen molar-refractivity contribution in [3.8, 4) is 0 Å². The summed E-state index contributed by atoms with van der Waals surface area (Å²) in [4.78, 5) is -1.86. The summed E-state index contributed by atoms with van der Waals surface area (Å²) in [6, 6.07) is 5.66. The number of rotatable bonds is 3. The largest absolute Gasteiger partial charge is 0.401 e. The number of hydrogen-bond acceptors (Lipinski definition) is 0. The van der Waals surface area contributed by atoms with Crippen LogP contribution in [-0.2, 0) is 0 Å². The van der Waals surface area contributed by atoms with E-state index < -0.39 is 23.1 Å².